The van der Waals surface area contributed by atoms with Gasteiger partial charge in [-0.25, -0.2) is 0 Å². The molecule has 0 saturated carbocycles. The molecule has 0 bridgehead atoms. The van der Waals surface area contributed by atoms with Crippen molar-refractivity contribution in [1.82, 2.24) is 4.57 Å². The molecule has 0 N–H and O–H groups in total. The van der Waals surface area contributed by atoms with Crippen LogP contribution in [0.2, 0.25) is 0 Å². The van der Waals surface area contributed by atoms with E-state index in [1.807, 2.05) is 43.4 Å². The summed E-state index contributed by atoms with van der Waals surface area (Å²) in [4.78, 5) is 0. The lowest BCUT2D eigenvalue weighted by atomic mass is 10.2. The van der Waals surface area contributed by atoms with Crippen molar-refractivity contribution in [2.45, 2.75) is 6.92 Å². The maximum atomic E-state index is 4.21. The van der Waals surface area contributed by atoms with Crippen LogP contribution in [0, 0.1) is 0 Å². The van der Waals surface area contributed by atoms with Crippen molar-refractivity contribution in [2.75, 3.05) is 0 Å². The first-order valence-corrected chi connectivity index (χ1v) is 6.61. The molecular weight excluding hydrogens is 242 g/mol. The van der Waals surface area contributed by atoms with Gasteiger partial charge in [0.2, 0.25) is 0 Å². The summed E-state index contributed by atoms with van der Waals surface area (Å²) >= 11 is 0. The van der Waals surface area contributed by atoms with Crippen LogP contribution in [0.5, 0.6) is 0 Å². The highest BCUT2D eigenvalue weighted by Crippen LogP contribution is 2.13. The largest absolute Gasteiger partial charge is 0.309 e. The zero-order chi connectivity index (χ0) is 14.5. The van der Waals surface area contributed by atoms with Gasteiger partial charge in [0.25, 0.3) is 0 Å². The molecular formula is C19H19N. The van der Waals surface area contributed by atoms with Gasteiger partial charge in [-0.1, -0.05) is 56.2 Å². The van der Waals surface area contributed by atoms with Gasteiger partial charge in [0.15, 0.2) is 0 Å². The van der Waals surface area contributed by atoms with Crippen molar-refractivity contribution in [3.63, 3.8) is 0 Å². The summed E-state index contributed by atoms with van der Waals surface area (Å²) in [5.41, 5.74) is 3.24. The first kappa shape index (κ1) is 13.9. The van der Waals surface area contributed by atoms with Crippen LogP contribution in [0.25, 0.3) is 30.5 Å². The minimum absolute atomic E-state index is 0.988. The van der Waals surface area contributed by atoms with Crippen LogP contribution in [0.1, 0.15) is 18.2 Å². The molecule has 0 aliphatic carbocycles. The number of aromatic nitrogens is 1. The van der Waals surface area contributed by atoms with Gasteiger partial charge in [-0.05, 0) is 31.2 Å². The SMILES string of the molecule is C=C/C=c1\c(=C)c(/C=C\C)c(C=C)n1-c1ccccc1. The topological polar surface area (TPSA) is 4.93 Å². The Morgan fingerprint density at radius 1 is 1.10 bits per heavy atom. The molecule has 0 aliphatic heterocycles. The van der Waals surface area contributed by atoms with Crippen LogP contribution in [0.15, 0.2) is 55.6 Å². The highest BCUT2D eigenvalue weighted by Gasteiger charge is 2.10. The second kappa shape index (κ2) is 6.07. The van der Waals surface area contributed by atoms with E-state index in [0.717, 1.165) is 27.5 Å². The van der Waals surface area contributed by atoms with Crippen molar-refractivity contribution in [1.29, 1.82) is 0 Å². The highest BCUT2D eigenvalue weighted by atomic mass is 15.0. The lowest BCUT2D eigenvalue weighted by molar-refractivity contribution is 1.02. The standard InChI is InChI=1S/C19H19N/c1-5-11-17-15(4)19(12-6-2)20(18(17)7-3)16-13-9-8-10-14-16/h5-14H,2-4H2,1H3/b11-5-,19-12+. The van der Waals surface area contributed by atoms with Gasteiger partial charge in [-0.2, -0.15) is 0 Å². The summed E-state index contributed by atoms with van der Waals surface area (Å²) in [7, 11) is 0. The van der Waals surface area contributed by atoms with Crippen molar-refractivity contribution < 1.29 is 0 Å². The van der Waals surface area contributed by atoms with Crippen LogP contribution in [0.3, 0.4) is 0 Å². The first-order chi connectivity index (χ1) is 9.74. The van der Waals surface area contributed by atoms with Crippen LogP contribution in [0.4, 0.5) is 0 Å². The summed E-state index contributed by atoms with van der Waals surface area (Å²) in [5.74, 6) is 0. The predicted molar refractivity (Wildman–Crippen MR) is 90.0 cm³/mol. The van der Waals surface area contributed by atoms with E-state index in [0.29, 0.717) is 0 Å². The van der Waals surface area contributed by atoms with E-state index in [-0.39, 0.29) is 0 Å². The molecule has 1 nitrogen and oxygen atoms in total. The third-order valence-corrected chi connectivity index (χ3v) is 3.21. The number of nitrogens with zero attached hydrogens (tertiary/aromatic N) is 1. The molecule has 100 valence electrons. The molecule has 2 rings (SSSR count). The van der Waals surface area contributed by atoms with Crippen LogP contribution < -0.4 is 10.6 Å². The fourth-order valence-corrected chi connectivity index (χ4v) is 2.37. The Hall–Kier alpha value is -2.54. The summed E-state index contributed by atoms with van der Waals surface area (Å²) in [6.07, 6.45) is 9.73. The van der Waals surface area contributed by atoms with E-state index in [1.54, 1.807) is 6.08 Å². The lowest BCUT2D eigenvalue weighted by Crippen LogP contribution is -2.27. The summed E-state index contributed by atoms with van der Waals surface area (Å²) in [6, 6.07) is 10.2. The van der Waals surface area contributed by atoms with Gasteiger partial charge >= 0.3 is 0 Å². The van der Waals surface area contributed by atoms with E-state index in [9.17, 15) is 0 Å². The maximum Gasteiger partial charge on any atom is 0.0534 e. The molecule has 1 heteroatoms. The van der Waals surface area contributed by atoms with E-state index in [1.165, 1.54) is 0 Å². The number of benzene rings is 1. The van der Waals surface area contributed by atoms with Crippen molar-refractivity contribution in [3.05, 3.63) is 77.5 Å². The molecule has 0 radical (unpaired) electrons. The van der Waals surface area contributed by atoms with Gasteiger partial charge in [0.1, 0.15) is 0 Å². The third kappa shape index (κ3) is 2.30. The van der Waals surface area contributed by atoms with E-state index in [4.69, 9.17) is 0 Å². The van der Waals surface area contributed by atoms with Gasteiger partial charge in [0, 0.05) is 16.5 Å². The molecule has 20 heavy (non-hydrogen) atoms. The average Bonchev–Trinajstić information content (AvgIpc) is 2.74. The Morgan fingerprint density at radius 2 is 1.80 bits per heavy atom. The second-order valence-corrected chi connectivity index (χ2v) is 4.44. The third-order valence-electron chi connectivity index (χ3n) is 3.21. The molecule has 1 aromatic carbocycles. The summed E-state index contributed by atoms with van der Waals surface area (Å²) in [5, 5.41) is 2.02. The highest BCUT2D eigenvalue weighted by molar-refractivity contribution is 5.66. The second-order valence-electron chi connectivity index (χ2n) is 4.44. The predicted octanol–water partition coefficient (Wildman–Crippen LogP) is 3.53. The molecule has 0 aliphatic rings. The molecule has 2 aromatic rings. The van der Waals surface area contributed by atoms with Crippen LogP contribution >= 0.6 is 0 Å². The summed E-state index contributed by atoms with van der Waals surface area (Å²) < 4.78 is 2.16. The number of hydrogen-bond acceptors (Lipinski definition) is 0. The Labute approximate surface area is 120 Å². The number of hydrogen-bond donors (Lipinski definition) is 0. The van der Waals surface area contributed by atoms with E-state index >= 15 is 0 Å². The molecule has 0 amide bonds. The van der Waals surface area contributed by atoms with Crippen molar-refractivity contribution >= 4 is 24.8 Å². The van der Waals surface area contributed by atoms with Gasteiger partial charge in [-0.3, -0.25) is 0 Å². The number of para-hydroxylation sites is 1. The monoisotopic (exact) mass is 261 g/mol. The quantitative estimate of drug-likeness (QED) is 0.793. The number of rotatable bonds is 4. The minimum Gasteiger partial charge on any atom is -0.309 e. The normalized spacial score (nSPS) is 11.9. The van der Waals surface area contributed by atoms with E-state index in [2.05, 4.69) is 42.5 Å². The first-order valence-electron chi connectivity index (χ1n) is 6.61. The maximum absolute atomic E-state index is 4.21. The van der Waals surface area contributed by atoms with Gasteiger partial charge in [0.05, 0.1) is 11.0 Å². The molecule has 0 fully saturated rings. The van der Waals surface area contributed by atoms with Crippen molar-refractivity contribution in [3.8, 4) is 5.69 Å². The number of allylic oxidation sites excluding steroid dienone is 2. The van der Waals surface area contributed by atoms with Crippen LogP contribution in [-0.2, 0) is 0 Å². The minimum atomic E-state index is 0.988. The Morgan fingerprint density at radius 3 is 2.35 bits per heavy atom. The Kier molecular flexibility index (Phi) is 4.21. The summed E-state index contributed by atoms with van der Waals surface area (Å²) in [6.45, 7) is 14.0. The van der Waals surface area contributed by atoms with Gasteiger partial charge < -0.3 is 4.57 Å². The lowest BCUT2D eigenvalue weighted by Gasteiger charge is -2.07. The fraction of sp³-hybridized carbons (Fsp3) is 0.0526. The smallest absolute Gasteiger partial charge is 0.0534 e. The molecule has 0 spiro atoms. The van der Waals surface area contributed by atoms with Crippen molar-refractivity contribution in [2.24, 2.45) is 0 Å². The average molecular weight is 261 g/mol. The molecule has 0 saturated heterocycles. The zero-order valence-corrected chi connectivity index (χ0v) is 11.8. The van der Waals surface area contributed by atoms with E-state index < -0.39 is 0 Å². The fourth-order valence-electron chi connectivity index (χ4n) is 2.37. The molecule has 0 atom stereocenters. The zero-order valence-electron chi connectivity index (χ0n) is 11.8. The Bertz CT molecular complexity index is 758. The van der Waals surface area contributed by atoms with Crippen LogP contribution in [-0.4, -0.2) is 4.57 Å². The van der Waals surface area contributed by atoms with Gasteiger partial charge in [-0.15, -0.1) is 0 Å². The molecule has 1 aromatic heterocycles. The molecule has 1 heterocycles. The Balaban J connectivity index is 2.95. The molecule has 0 unspecified atom stereocenters.